The van der Waals surface area contributed by atoms with Gasteiger partial charge in [-0.2, -0.15) is 15.0 Å². The van der Waals surface area contributed by atoms with E-state index in [0.29, 0.717) is 5.69 Å². The predicted octanol–water partition coefficient (Wildman–Crippen LogP) is 2.41. The summed E-state index contributed by atoms with van der Waals surface area (Å²) in [5.41, 5.74) is 1.43. The van der Waals surface area contributed by atoms with Crippen LogP contribution in [0.3, 0.4) is 0 Å². The molecular formula is C13H11N3OS. The molecule has 1 aromatic carbocycles. The van der Waals surface area contributed by atoms with Crippen molar-refractivity contribution >= 4 is 11.3 Å². The zero-order chi connectivity index (χ0) is 12.4. The van der Waals surface area contributed by atoms with E-state index in [4.69, 9.17) is 0 Å². The van der Waals surface area contributed by atoms with Crippen LogP contribution in [0.15, 0.2) is 54.0 Å². The molecule has 4 nitrogen and oxygen atoms in total. The molecule has 18 heavy (non-hydrogen) atoms. The largest absolute Gasteiger partial charge is 0.381 e. The Kier molecular flexibility index (Phi) is 2.92. The zero-order valence-electron chi connectivity index (χ0n) is 9.47. The van der Waals surface area contributed by atoms with E-state index in [1.54, 1.807) is 6.20 Å². The lowest BCUT2D eigenvalue weighted by atomic mass is 10.2. The summed E-state index contributed by atoms with van der Waals surface area (Å²) in [5, 5.41) is 20.5. The van der Waals surface area contributed by atoms with Crippen molar-refractivity contribution in [1.29, 1.82) is 0 Å². The first-order valence-electron chi connectivity index (χ1n) is 5.54. The standard InChI is InChI=1S/C13H11N3OS/c17-13(12-7-4-8-18-12)11-9-14-16(15-11)10-5-2-1-3-6-10/h1-9,13,17H. The van der Waals surface area contributed by atoms with Crippen LogP contribution in [-0.2, 0) is 0 Å². The number of hydrogen-bond donors (Lipinski definition) is 1. The van der Waals surface area contributed by atoms with Gasteiger partial charge < -0.3 is 5.11 Å². The van der Waals surface area contributed by atoms with E-state index in [-0.39, 0.29) is 0 Å². The number of hydrogen-bond acceptors (Lipinski definition) is 4. The molecule has 0 saturated carbocycles. The molecule has 1 unspecified atom stereocenters. The molecule has 0 fully saturated rings. The fourth-order valence-electron chi connectivity index (χ4n) is 1.68. The van der Waals surface area contributed by atoms with Crippen molar-refractivity contribution in [2.45, 2.75) is 6.10 Å². The minimum atomic E-state index is -0.706. The molecule has 1 atom stereocenters. The van der Waals surface area contributed by atoms with Crippen molar-refractivity contribution in [3.63, 3.8) is 0 Å². The average molecular weight is 257 g/mol. The van der Waals surface area contributed by atoms with Crippen molar-refractivity contribution in [3.05, 3.63) is 64.6 Å². The van der Waals surface area contributed by atoms with Crippen LogP contribution < -0.4 is 0 Å². The van der Waals surface area contributed by atoms with Gasteiger partial charge in [0, 0.05) is 4.88 Å². The molecule has 90 valence electrons. The summed E-state index contributed by atoms with van der Waals surface area (Å²) in [6.45, 7) is 0. The number of aromatic nitrogens is 3. The summed E-state index contributed by atoms with van der Waals surface area (Å²) in [7, 11) is 0. The smallest absolute Gasteiger partial charge is 0.134 e. The Balaban J connectivity index is 1.90. The van der Waals surface area contributed by atoms with Crippen molar-refractivity contribution in [1.82, 2.24) is 15.0 Å². The lowest BCUT2D eigenvalue weighted by Gasteiger charge is -2.03. The van der Waals surface area contributed by atoms with Crippen LogP contribution in [0.5, 0.6) is 0 Å². The average Bonchev–Trinajstić information content (AvgIpc) is 3.10. The minimum absolute atomic E-state index is 0.557. The van der Waals surface area contributed by atoms with E-state index in [2.05, 4.69) is 10.2 Å². The summed E-state index contributed by atoms with van der Waals surface area (Å²) in [5.74, 6) is 0. The van der Waals surface area contributed by atoms with E-state index in [1.807, 2.05) is 47.8 Å². The number of rotatable bonds is 3. The third-order valence-corrected chi connectivity index (χ3v) is 3.51. The van der Waals surface area contributed by atoms with Crippen LogP contribution in [0.4, 0.5) is 0 Å². The Morgan fingerprint density at radius 3 is 2.67 bits per heavy atom. The molecule has 5 heteroatoms. The molecule has 0 saturated heterocycles. The SMILES string of the molecule is OC(c1cnn(-c2ccccc2)n1)c1cccs1. The van der Waals surface area contributed by atoms with Gasteiger partial charge in [0.2, 0.25) is 0 Å². The second kappa shape index (κ2) is 4.72. The maximum absolute atomic E-state index is 10.1. The molecule has 0 aliphatic carbocycles. The molecule has 3 rings (SSSR count). The molecule has 2 aromatic heterocycles. The predicted molar refractivity (Wildman–Crippen MR) is 69.7 cm³/mol. The highest BCUT2D eigenvalue weighted by Crippen LogP contribution is 2.24. The van der Waals surface area contributed by atoms with E-state index < -0.39 is 6.10 Å². The summed E-state index contributed by atoms with van der Waals surface area (Å²) in [4.78, 5) is 2.39. The maximum Gasteiger partial charge on any atom is 0.134 e. The van der Waals surface area contributed by atoms with Gasteiger partial charge in [0.25, 0.3) is 0 Å². The number of aliphatic hydroxyl groups is 1. The number of benzene rings is 1. The summed E-state index contributed by atoms with van der Waals surface area (Å²) in [6.07, 6.45) is 0.889. The van der Waals surface area contributed by atoms with Crippen LogP contribution >= 0.6 is 11.3 Å². The molecule has 0 bridgehead atoms. The first kappa shape index (κ1) is 11.1. The number of thiophene rings is 1. The quantitative estimate of drug-likeness (QED) is 0.784. The van der Waals surface area contributed by atoms with Gasteiger partial charge in [0.15, 0.2) is 0 Å². The second-order valence-corrected chi connectivity index (χ2v) is 4.79. The van der Waals surface area contributed by atoms with Gasteiger partial charge in [0.1, 0.15) is 11.8 Å². The normalized spacial score (nSPS) is 12.5. The van der Waals surface area contributed by atoms with Crippen molar-refractivity contribution in [2.24, 2.45) is 0 Å². The molecule has 0 spiro atoms. The lowest BCUT2D eigenvalue weighted by Crippen LogP contribution is -2.02. The number of aliphatic hydroxyl groups excluding tert-OH is 1. The second-order valence-electron chi connectivity index (χ2n) is 3.81. The van der Waals surface area contributed by atoms with Gasteiger partial charge in [-0.25, -0.2) is 0 Å². The Morgan fingerprint density at radius 1 is 1.11 bits per heavy atom. The van der Waals surface area contributed by atoms with Gasteiger partial charge in [-0.1, -0.05) is 24.3 Å². The van der Waals surface area contributed by atoms with Crippen molar-refractivity contribution < 1.29 is 5.11 Å². The topological polar surface area (TPSA) is 50.9 Å². The van der Waals surface area contributed by atoms with E-state index in [0.717, 1.165) is 10.6 Å². The lowest BCUT2D eigenvalue weighted by molar-refractivity contribution is 0.218. The Hall–Kier alpha value is -1.98. The van der Waals surface area contributed by atoms with Crippen LogP contribution in [0.25, 0.3) is 5.69 Å². The third-order valence-electron chi connectivity index (χ3n) is 2.59. The highest BCUT2D eigenvalue weighted by Gasteiger charge is 2.15. The van der Waals surface area contributed by atoms with Gasteiger partial charge in [-0.15, -0.1) is 11.3 Å². The van der Waals surface area contributed by atoms with Crippen molar-refractivity contribution in [2.75, 3.05) is 0 Å². The van der Waals surface area contributed by atoms with Gasteiger partial charge in [0.05, 0.1) is 11.9 Å². The molecule has 3 aromatic rings. The highest BCUT2D eigenvalue weighted by atomic mass is 32.1. The third kappa shape index (κ3) is 2.05. The minimum Gasteiger partial charge on any atom is -0.381 e. The monoisotopic (exact) mass is 257 g/mol. The number of para-hydroxylation sites is 1. The maximum atomic E-state index is 10.1. The van der Waals surface area contributed by atoms with E-state index >= 15 is 0 Å². The summed E-state index contributed by atoms with van der Waals surface area (Å²) in [6, 6.07) is 13.4. The van der Waals surface area contributed by atoms with Gasteiger partial charge in [-0.3, -0.25) is 0 Å². The first-order valence-corrected chi connectivity index (χ1v) is 6.42. The zero-order valence-corrected chi connectivity index (χ0v) is 10.3. The highest BCUT2D eigenvalue weighted by molar-refractivity contribution is 7.10. The van der Waals surface area contributed by atoms with Crippen LogP contribution in [-0.4, -0.2) is 20.1 Å². The Labute approximate surface area is 108 Å². The summed E-state index contributed by atoms with van der Waals surface area (Å²) < 4.78 is 0. The molecule has 0 radical (unpaired) electrons. The fraction of sp³-hybridized carbons (Fsp3) is 0.0769. The van der Waals surface area contributed by atoms with Crippen LogP contribution in [0, 0.1) is 0 Å². The fourth-order valence-corrected chi connectivity index (χ4v) is 2.40. The van der Waals surface area contributed by atoms with E-state index in [9.17, 15) is 5.11 Å². The van der Waals surface area contributed by atoms with E-state index in [1.165, 1.54) is 16.1 Å². The first-order chi connectivity index (χ1) is 8.84. The van der Waals surface area contributed by atoms with Crippen molar-refractivity contribution in [3.8, 4) is 5.69 Å². The van der Waals surface area contributed by atoms with Crippen LogP contribution in [0.2, 0.25) is 0 Å². The Bertz CT molecular complexity index is 619. The number of nitrogens with zero attached hydrogens (tertiary/aromatic N) is 3. The molecule has 0 aliphatic heterocycles. The molecular weight excluding hydrogens is 246 g/mol. The molecule has 0 amide bonds. The molecule has 0 aliphatic rings. The molecule has 2 heterocycles. The van der Waals surface area contributed by atoms with Crippen LogP contribution in [0.1, 0.15) is 16.7 Å². The van der Waals surface area contributed by atoms with Gasteiger partial charge >= 0.3 is 0 Å². The summed E-state index contributed by atoms with van der Waals surface area (Å²) >= 11 is 1.50. The Morgan fingerprint density at radius 2 is 1.94 bits per heavy atom. The molecule has 1 N–H and O–H groups in total. The van der Waals surface area contributed by atoms with Gasteiger partial charge in [-0.05, 0) is 23.6 Å².